The average molecular weight is 355 g/mol. The summed E-state index contributed by atoms with van der Waals surface area (Å²) in [5, 5.41) is 3.13. The Hall–Kier alpha value is -2.56. The lowest BCUT2D eigenvalue weighted by atomic mass is 9.83. The van der Waals surface area contributed by atoms with Crippen molar-refractivity contribution in [1.82, 2.24) is 5.32 Å². The first-order valence-electron chi connectivity index (χ1n) is 8.92. The first kappa shape index (κ1) is 16.9. The van der Waals surface area contributed by atoms with Crippen LogP contribution in [-0.4, -0.2) is 25.2 Å². The molecule has 26 heavy (non-hydrogen) atoms. The van der Waals surface area contributed by atoms with Gasteiger partial charge in [-0.25, -0.2) is 4.39 Å². The van der Waals surface area contributed by atoms with Crippen molar-refractivity contribution in [1.29, 1.82) is 0 Å². The van der Waals surface area contributed by atoms with Crippen LogP contribution in [0.25, 0.3) is 0 Å². The minimum absolute atomic E-state index is 0.0243. The van der Waals surface area contributed by atoms with Crippen LogP contribution in [0.1, 0.15) is 37.3 Å². The Morgan fingerprint density at radius 3 is 2.50 bits per heavy atom. The van der Waals surface area contributed by atoms with Crippen LogP contribution in [0.5, 0.6) is 11.5 Å². The fraction of sp³-hybridized carbons (Fsp3) is 0.381. The zero-order chi connectivity index (χ0) is 18.3. The van der Waals surface area contributed by atoms with Crippen molar-refractivity contribution in [2.75, 3.05) is 13.2 Å². The number of halogens is 1. The summed E-state index contributed by atoms with van der Waals surface area (Å²) in [5.41, 5.74) is 1.26. The van der Waals surface area contributed by atoms with Gasteiger partial charge >= 0.3 is 0 Å². The molecule has 2 aromatic carbocycles. The number of hydrogen-bond donors (Lipinski definition) is 1. The molecule has 1 amide bonds. The van der Waals surface area contributed by atoms with E-state index in [1.807, 2.05) is 32.0 Å². The van der Waals surface area contributed by atoms with E-state index in [9.17, 15) is 9.18 Å². The zero-order valence-electron chi connectivity index (χ0n) is 14.9. The van der Waals surface area contributed by atoms with Crippen LogP contribution >= 0.6 is 0 Å². The monoisotopic (exact) mass is 355 g/mol. The van der Waals surface area contributed by atoms with Gasteiger partial charge in [-0.1, -0.05) is 18.2 Å². The van der Waals surface area contributed by atoms with E-state index in [1.54, 1.807) is 12.1 Å². The Balaban J connectivity index is 1.45. The fourth-order valence-corrected chi connectivity index (χ4v) is 3.34. The number of rotatable bonds is 4. The lowest BCUT2D eigenvalue weighted by Gasteiger charge is -2.26. The highest BCUT2D eigenvalue weighted by atomic mass is 19.1. The van der Waals surface area contributed by atoms with Gasteiger partial charge in [-0.05, 0) is 55.7 Å². The maximum atomic E-state index is 13.1. The number of carbonyl (C=O) groups excluding carboxylic acids is 1. The molecular formula is C21H22FNO3. The Bertz CT molecular complexity index is 832. The first-order valence-corrected chi connectivity index (χ1v) is 8.92. The highest BCUT2D eigenvalue weighted by Gasteiger charge is 2.42. The molecule has 0 saturated heterocycles. The van der Waals surface area contributed by atoms with Crippen LogP contribution in [-0.2, 0) is 10.2 Å². The summed E-state index contributed by atoms with van der Waals surface area (Å²) in [5.74, 6) is 1.40. The van der Waals surface area contributed by atoms with Gasteiger partial charge in [-0.15, -0.1) is 0 Å². The summed E-state index contributed by atoms with van der Waals surface area (Å²) < 4.78 is 24.2. The van der Waals surface area contributed by atoms with Crippen molar-refractivity contribution in [2.45, 2.75) is 37.6 Å². The molecule has 0 aromatic heterocycles. The van der Waals surface area contributed by atoms with Crippen LogP contribution < -0.4 is 14.8 Å². The van der Waals surface area contributed by atoms with Gasteiger partial charge in [0.25, 0.3) is 0 Å². The number of hydrogen-bond acceptors (Lipinski definition) is 3. The summed E-state index contributed by atoms with van der Waals surface area (Å²) in [7, 11) is 0. The van der Waals surface area contributed by atoms with Crippen molar-refractivity contribution in [3.63, 3.8) is 0 Å². The van der Waals surface area contributed by atoms with Crippen molar-refractivity contribution in [3.8, 4) is 11.5 Å². The molecule has 0 radical (unpaired) electrons. The summed E-state index contributed by atoms with van der Waals surface area (Å²) in [6.07, 6.45) is 0.884. The lowest BCUT2D eigenvalue weighted by molar-refractivity contribution is -0.125. The van der Waals surface area contributed by atoms with E-state index in [4.69, 9.17) is 9.47 Å². The Kier molecular flexibility index (Phi) is 4.10. The third-order valence-electron chi connectivity index (χ3n) is 5.24. The molecule has 2 aliphatic rings. The number of nitrogens with one attached hydrogen (secondary N) is 1. The SMILES string of the molecule is CC(C)(C(=O)N[C@@H]1C[C@H]1c1ccc(F)cc1)c1ccc2c(c1)OCCO2. The molecule has 5 heteroatoms. The molecule has 1 N–H and O–H groups in total. The minimum atomic E-state index is -0.689. The average Bonchev–Trinajstić information content (AvgIpc) is 3.41. The summed E-state index contributed by atoms with van der Waals surface area (Å²) in [6, 6.07) is 12.3. The number of amides is 1. The van der Waals surface area contributed by atoms with Gasteiger partial charge in [0.2, 0.25) is 5.91 Å². The van der Waals surface area contributed by atoms with Crippen LogP contribution in [0.2, 0.25) is 0 Å². The highest BCUT2D eigenvalue weighted by molar-refractivity contribution is 5.88. The predicted molar refractivity (Wildman–Crippen MR) is 96.1 cm³/mol. The number of carbonyl (C=O) groups is 1. The molecule has 0 unspecified atom stereocenters. The van der Waals surface area contributed by atoms with Gasteiger partial charge in [0.15, 0.2) is 11.5 Å². The van der Waals surface area contributed by atoms with Crippen LogP contribution in [0.3, 0.4) is 0 Å². The molecule has 1 aliphatic heterocycles. The van der Waals surface area contributed by atoms with Crippen molar-refractivity contribution in [2.24, 2.45) is 0 Å². The van der Waals surface area contributed by atoms with Gasteiger partial charge in [-0.2, -0.15) is 0 Å². The van der Waals surface area contributed by atoms with Gasteiger partial charge < -0.3 is 14.8 Å². The maximum Gasteiger partial charge on any atom is 0.230 e. The Labute approximate surface area is 152 Å². The van der Waals surface area contributed by atoms with E-state index in [0.717, 1.165) is 23.3 Å². The predicted octanol–water partition coefficient (Wildman–Crippen LogP) is 3.55. The second kappa shape index (κ2) is 6.31. The fourth-order valence-electron chi connectivity index (χ4n) is 3.34. The third-order valence-corrected chi connectivity index (χ3v) is 5.24. The second-order valence-corrected chi connectivity index (χ2v) is 7.46. The van der Waals surface area contributed by atoms with E-state index in [1.165, 1.54) is 12.1 Å². The van der Waals surface area contributed by atoms with Gasteiger partial charge in [0.05, 0.1) is 5.41 Å². The van der Waals surface area contributed by atoms with E-state index < -0.39 is 5.41 Å². The van der Waals surface area contributed by atoms with Crippen molar-refractivity contribution < 1.29 is 18.7 Å². The van der Waals surface area contributed by atoms with Gasteiger partial charge in [0, 0.05) is 12.0 Å². The molecule has 1 aliphatic carbocycles. The lowest BCUT2D eigenvalue weighted by Crippen LogP contribution is -2.41. The number of benzene rings is 2. The van der Waals surface area contributed by atoms with E-state index in [-0.39, 0.29) is 23.7 Å². The standard InChI is InChI=1S/C21H22FNO3/c1-21(2,14-5-8-18-19(11-14)26-10-9-25-18)20(24)23-17-12-16(17)13-3-6-15(22)7-4-13/h3-8,11,16-17H,9-10,12H2,1-2H3,(H,23,24)/t16-,17+/m0/s1. The van der Waals surface area contributed by atoms with Gasteiger partial charge in [0.1, 0.15) is 19.0 Å². The molecule has 0 spiro atoms. The largest absolute Gasteiger partial charge is 0.486 e. The zero-order valence-corrected chi connectivity index (χ0v) is 14.9. The van der Waals surface area contributed by atoms with Crippen LogP contribution in [0, 0.1) is 5.82 Å². The molecule has 1 saturated carbocycles. The molecule has 1 heterocycles. The highest BCUT2D eigenvalue weighted by Crippen LogP contribution is 2.42. The number of ether oxygens (including phenoxy) is 2. The maximum absolute atomic E-state index is 13.1. The third kappa shape index (κ3) is 3.14. The molecule has 2 aromatic rings. The second-order valence-electron chi connectivity index (χ2n) is 7.46. The molecular weight excluding hydrogens is 333 g/mol. The molecule has 4 rings (SSSR count). The van der Waals surface area contributed by atoms with E-state index >= 15 is 0 Å². The molecule has 136 valence electrons. The smallest absolute Gasteiger partial charge is 0.230 e. The molecule has 2 atom stereocenters. The Morgan fingerprint density at radius 2 is 1.77 bits per heavy atom. The summed E-state index contributed by atoms with van der Waals surface area (Å²) in [6.45, 7) is 4.87. The first-order chi connectivity index (χ1) is 12.4. The quantitative estimate of drug-likeness (QED) is 0.912. The van der Waals surface area contributed by atoms with Gasteiger partial charge in [-0.3, -0.25) is 4.79 Å². The summed E-state index contributed by atoms with van der Waals surface area (Å²) >= 11 is 0. The van der Waals surface area contributed by atoms with Crippen molar-refractivity contribution in [3.05, 3.63) is 59.4 Å². The minimum Gasteiger partial charge on any atom is -0.486 e. The summed E-state index contributed by atoms with van der Waals surface area (Å²) in [4.78, 5) is 12.9. The molecule has 0 bridgehead atoms. The van der Waals surface area contributed by atoms with Crippen LogP contribution in [0.4, 0.5) is 4.39 Å². The van der Waals surface area contributed by atoms with E-state index in [0.29, 0.717) is 19.0 Å². The topological polar surface area (TPSA) is 47.6 Å². The van der Waals surface area contributed by atoms with Crippen LogP contribution in [0.15, 0.2) is 42.5 Å². The normalized spacial score (nSPS) is 21.2. The Morgan fingerprint density at radius 1 is 1.08 bits per heavy atom. The van der Waals surface area contributed by atoms with E-state index in [2.05, 4.69) is 5.32 Å². The molecule has 1 fully saturated rings. The van der Waals surface area contributed by atoms with Crippen molar-refractivity contribution >= 4 is 5.91 Å². The number of fused-ring (bicyclic) bond motifs is 1. The molecule has 4 nitrogen and oxygen atoms in total.